The first kappa shape index (κ1) is 25.1. The maximum atomic E-state index is 11.6. The van der Waals surface area contributed by atoms with Crippen LogP contribution in [0.2, 0.25) is 0 Å². The summed E-state index contributed by atoms with van der Waals surface area (Å²) in [7, 11) is 0. The highest BCUT2D eigenvalue weighted by molar-refractivity contribution is 5.95. The molecule has 2 aliphatic rings. The van der Waals surface area contributed by atoms with E-state index in [1.54, 1.807) is 19.1 Å². The van der Waals surface area contributed by atoms with Gasteiger partial charge in [-0.25, -0.2) is 0 Å². The molecule has 0 amide bonds. The number of hydrogen-bond donors (Lipinski definition) is 1. The van der Waals surface area contributed by atoms with E-state index in [0.29, 0.717) is 13.0 Å². The minimum absolute atomic E-state index is 0.142. The third-order valence-corrected chi connectivity index (χ3v) is 7.47. The summed E-state index contributed by atoms with van der Waals surface area (Å²) in [6.45, 7) is 9.94. The monoisotopic (exact) mass is 497 g/mol. The Balaban J connectivity index is 1.38. The number of ether oxygens (including phenoxy) is 2. The highest BCUT2D eigenvalue weighted by atomic mass is 16.5. The molecule has 2 heterocycles. The zero-order valence-corrected chi connectivity index (χ0v) is 21.9. The molecule has 37 heavy (non-hydrogen) atoms. The van der Waals surface area contributed by atoms with Gasteiger partial charge in [-0.15, -0.1) is 0 Å². The fraction of sp³-hybridized carbons (Fsp3) is 0.344. The Morgan fingerprint density at radius 1 is 1.05 bits per heavy atom. The number of benzene rings is 3. The third-order valence-electron chi connectivity index (χ3n) is 7.47. The van der Waals surface area contributed by atoms with E-state index in [2.05, 4.69) is 43.0 Å². The molecular formula is C32H35NO4. The molecule has 1 N–H and O–H groups in total. The van der Waals surface area contributed by atoms with Crippen molar-refractivity contribution >= 4 is 16.9 Å². The molecule has 1 saturated heterocycles. The number of allylic oxidation sites excluding steroid dienone is 1. The molecule has 3 aromatic carbocycles. The molecule has 1 unspecified atom stereocenters. The van der Waals surface area contributed by atoms with Crippen LogP contribution in [-0.4, -0.2) is 42.0 Å². The number of carbonyl (C=O) groups excluding carboxylic acids is 1. The van der Waals surface area contributed by atoms with Gasteiger partial charge in [0.2, 0.25) is 0 Å². The normalized spacial score (nSPS) is 17.6. The first-order valence-corrected chi connectivity index (χ1v) is 13.2. The molecule has 1 fully saturated rings. The fourth-order valence-corrected chi connectivity index (χ4v) is 5.28. The first-order valence-electron chi connectivity index (χ1n) is 13.2. The second kappa shape index (κ2) is 10.8. The van der Waals surface area contributed by atoms with E-state index in [4.69, 9.17) is 9.47 Å². The number of likely N-dealkylation sites (tertiary alicyclic amines) is 1. The Hall–Kier alpha value is -3.57. The van der Waals surface area contributed by atoms with E-state index < -0.39 is 0 Å². The molecule has 5 heteroatoms. The molecule has 5 rings (SSSR count). The largest absolute Gasteiger partial charge is 0.508 e. The second-order valence-electron chi connectivity index (χ2n) is 10.2. The van der Waals surface area contributed by atoms with Crippen molar-refractivity contribution in [1.29, 1.82) is 0 Å². The van der Waals surface area contributed by atoms with E-state index in [0.717, 1.165) is 57.4 Å². The molecule has 0 aromatic heterocycles. The number of ketones is 1. The number of aromatic hydroxyl groups is 1. The lowest BCUT2D eigenvalue weighted by molar-refractivity contribution is -0.116. The van der Waals surface area contributed by atoms with Crippen molar-refractivity contribution in [3.05, 3.63) is 89.0 Å². The van der Waals surface area contributed by atoms with Gasteiger partial charge in [0.15, 0.2) is 0 Å². The van der Waals surface area contributed by atoms with E-state index in [1.807, 2.05) is 30.3 Å². The summed E-state index contributed by atoms with van der Waals surface area (Å²) in [5.74, 6) is 2.80. The topological polar surface area (TPSA) is 59.0 Å². The fourth-order valence-electron chi connectivity index (χ4n) is 5.28. The molecule has 1 atom stereocenters. The summed E-state index contributed by atoms with van der Waals surface area (Å²) in [5.41, 5.74) is 6.04. The number of fused-ring (bicyclic) bond motifs is 1. The van der Waals surface area contributed by atoms with Crippen molar-refractivity contribution < 1.29 is 19.4 Å². The minimum atomic E-state index is -0.309. The Kier molecular flexibility index (Phi) is 7.33. The maximum absolute atomic E-state index is 11.6. The lowest BCUT2D eigenvalue weighted by Crippen LogP contribution is -2.47. The van der Waals surface area contributed by atoms with Crippen LogP contribution in [-0.2, 0) is 11.2 Å². The van der Waals surface area contributed by atoms with E-state index in [-0.39, 0.29) is 17.6 Å². The van der Waals surface area contributed by atoms with Gasteiger partial charge < -0.3 is 14.6 Å². The van der Waals surface area contributed by atoms with Crippen LogP contribution in [0.15, 0.2) is 66.7 Å². The molecule has 0 spiro atoms. The van der Waals surface area contributed by atoms with Crippen molar-refractivity contribution in [2.45, 2.75) is 39.7 Å². The summed E-state index contributed by atoms with van der Waals surface area (Å²) in [5, 5.41) is 10.1. The molecule has 192 valence electrons. The van der Waals surface area contributed by atoms with Crippen LogP contribution >= 0.6 is 0 Å². The molecule has 0 aliphatic carbocycles. The summed E-state index contributed by atoms with van der Waals surface area (Å²) < 4.78 is 12.6. The Morgan fingerprint density at radius 3 is 2.46 bits per heavy atom. The van der Waals surface area contributed by atoms with Crippen LogP contribution in [0.25, 0.3) is 11.1 Å². The van der Waals surface area contributed by atoms with Crippen LogP contribution in [0, 0.1) is 5.92 Å². The molecule has 0 saturated carbocycles. The predicted octanol–water partition coefficient (Wildman–Crippen LogP) is 6.31. The average molecular weight is 498 g/mol. The summed E-state index contributed by atoms with van der Waals surface area (Å²) in [4.78, 5) is 14.0. The number of nitrogens with zero attached hydrogens (tertiary/aromatic N) is 1. The SMILES string of the molecule is CCC1CN(CCOc2ccc(C3Oc4ccc(O)cc4C(C)=C3c3ccc(CC(C)=O)cc3)cc2)C1. The molecule has 5 nitrogen and oxygen atoms in total. The Labute approximate surface area is 219 Å². The van der Waals surface area contributed by atoms with Gasteiger partial charge in [-0.1, -0.05) is 49.7 Å². The van der Waals surface area contributed by atoms with E-state index in [9.17, 15) is 9.90 Å². The highest BCUT2D eigenvalue weighted by Gasteiger charge is 2.30. The van der Waals surface area contributed by atoms with Crippen LogP contribution in [0.1, 0.15) is 55.5 Å². The standard InChI is InChI=1S/C32H35NO4/c1-4-23-19-33(20-23)15-16-36-28-12-9-26(10-13-28)32-31(25-7-5-24(6-8-25)17-21(2)34)22(3)29-18-27(35)11-14-30(29)37-32/h5-14,18,23,32,35H,4,15-17,19-20H2,1-3H3. The van der Waals surface area contributed by atoms with Gasteiger partial charge in [-0.2, -0.15) is 0 Å². The highest BCUT2D eigenvalue weighted by Crippen LogP contribution is 2.47. The summed E-state index contributed by atoms with van der Waals surface area (Å²) in [6.07, 6.45) is 1.37. The van der Waals surface area contributed by atoms with E-state index >= 15 is 0 Å². The minimum Gasteiger partial charge on any atom is -0.508 e. The van der Waals surface area contributed by atoms with Gasteiger partial charge in [-0.3, -0.25) is 9.69 Å². The number of phenolic OH excluding ortho intramolecular Hbond substituents is 1. The second-order valence-corrected chi connectivity index (χ2v) is 10.2. The summed E-state index contributed by atoms with van der Waals surface area (Å²) >= 11 is 0. The van der Waals surface area contributed by atoms with Gasteiger partial charge in [0, 0.05) is 37.2 Å². The smallest absolute Gasteiger partial charge is 0.150 e. The molecular weight excluding hydrogens is 462 g/mol. The quantitative estimate of drug-likeness (QED) is 0.375. The first-order chi connectivity index (χ1) is 17.9. The number of phenols is 1. The molecule has 3 aromatic rings. The third kappa shape index (κ3) is 5.57. The lowest BCUT2D eigenvalue weighted by atomic mass is 9.85. The van der Waals surface area contributed by atoms with Crippen LogP contribution < -0.4 is 9.47 Å². The van der Waals surface area contributed by atoms with Crippen molar-refractivity contribution in [1.82, 2.24) is 4.90 Å². The van der Waals surface area contributed by atoms with Gasteiger partial charge in [0.05, 0.1) is 0 Å². The number of hydrogen-bond acceptors (Lipinski definition) is 5. The molecule has 0 bridgehead atoms. The van der Waals surface area contributed by atoms with Gasteiger partial charge >= 0.3 is 0 Å². The zero-order valence-electron chi connectivity index (χ0n) is 21.9. The van der Waals surface area contributed by atoms with Gasteiger partial charge in [0.1, 0.15) is 35.7 Å². The van der Waals surface area contributed by atoms with Crippen LogP contribution in [0.4, 0.5) is 0 Å². The molecule has 0 radical (unpaired) electrons. The van der Waals surface area contributed by atoms with Gasteiger partial charge in [0.25, 0.3) is 0 Å². The zero-order chi connectivity index (χ0) is 25.9. The van der Waals surface area contributed by atoms with Crippen LogP contribution in [0.3, 0.4) is 0 Å². The predicted molar refractivity (Wildman–Crippen MR) is 147 cm³/mol. The lowest BCUT2D eigenvalue weighted by Gasteiger charge is -2.38. The molecule has 2 aliphatic heterocycles. The van der Waals surface area contributed by atoms with Crippen molar-refractivity contribution in [3.63, 3.8) is 0 Å². The van der Waals surface area contributed by atoms with E-state index in [1.165, 1.54) is 19.5 Å². The van der Waals surface area contributed by atoms with Gasteiger partial charge in [-0.05, 0) is 72.4 Å². The summed E-state index contributed by atoms with van der Waals surface area (Å²) in [6, 6.07) is 21.5. The maximum Gasteiger partial charge on any atom is 0.150 e. The Bertz CT molecular complexity index is 1290. The van der Waals surface area contributed by atoms with Crippen molar-refractivity contribution in [3.8, 4) is 17.2 Å². The number of Topliss-reactive ketones (excluding diaryl/α,β-unsaturated/α-hetero) is 1. The van der Waals surface area contributed by atoms with Crippen molar-refractivity contribution in [2.24, 2.45) is 5.92 Å². The number of rotatable bonds is 9. The van der Waals surface area contributed by atoms with Crippen molar-refractivity contribution in [2.75, 3.05) is 26.2 Å². The van der Waals surface area contributed by atoms with Crippen LogP contribution in [0.5, 0.6) is 17.2 Å². The number of carbonyl (C=O) groups is 1. The Morgan fingerprint density at radius 2 is 1.78 bits per heavy atom. The average Bonchev–Trinajstić information content (AvgIpc) is 2.86.